The smallest absolute Gasteiger partial charge is 0.277 e. The lowest BCUT2D eigenvalue weighted by Crippen LogP contribution is -2.36. The van der Waals surface area contributed by atoms with Gasteiger partial charge in [-0.25, -0.2) is 0 Å². The molecule has 0 bridgehead atoms. The van der Waals surface area contributed by atoms with Gasteiger partial charge >= 0.3 is 0 Å². The van der Waals surface area contributed by atoms with Crippen molar-refractivity contribution in [1.82, 2.24) is 9.55 Å². The lowest BCUT2D eigenvalue weighted by Gasteiger charge is -2.29. The van der Waals surface area contributed by atoms with Crippen LogP contribution in [0.4, 0.5) is 17.3 Å². The van der Waals surface area contributed by atoms with Gasteiger partial charge < -0.3 is 19.5 Å². The third-order valence-electron chi connectivity index (χ3n) is 5.24. The number of ether oxygens (including phenoxy) is 1. The lowest BCUT2D eigenvalue weighted by atomic mass is 10.1. The van der Waals surface area contributed by atoms with Gasteiger partial charge in [0.15, 0.2) is 0 Å². The SMILES string of the molecule is C=C/C=C(\C=C)Cn1cc(CC)c(=O)nc1Nc1cc(N2CCOCC2)ccc1C. The van der Waals surface area contributed by atoms with Crippen molar-refractivity contribution < 1.29 is 4.74 Å². The molecular formula is C24H30N4O2. The Labute approximate surface area is 178 Å². The molecule has 6 nitrogen and oxygen atoms in total. The first-order valence-electron chi connectivity index (χ1n) is 10.3. The van der Waals surface area contributed by atoms with Gasteiger partial charge in [0.25, 0.3) is 5.56 Å². The fourth-order valence-electron chi connectivity index (χ4n) is 3.42. The number of morpholine rings is 1. The van der Waals surface area contributed by atoms with E-state index >= 15 is 0 Å². The van der Waals surface area contributed by atoms with E-state index in [-0.39, 0.29) is 5.56 Å². The standard InChI is InChI=1S/C24H30N4O2/c1-5-8-19(6-2)16-28-17-20(7-3)23(29)26-24(28)25-22-15-21(10-9-18(22)4)27-11-13-30-14-12-27/h5-6,8-10,15,17H,1-2,7,11-14,16H2,3-4H3,(H,25,26,29)/b19-8+. The van der Waals surface area contributed by atoms with Crippen LogP contribution in [0, 0.1) is 6.92 Å². The van der Waals surface area contributed by atoms with E-state index in [0.717, 1.165) is 48.8 Å². The van der Waals surface area contributed by atoms with Crippen LogP contribution in [-0.2, 0) is 17.7 Å². The summed E-state index contributed by atoms with van der Waals surface area (Å²) in [6, 6.07) is 6.32. The average molecular weight is 407 g/mol. The van der Waals surface area contributed by atoms with E-state index in [4.69, 9.17) is 4.74 Å². The average Bonchev–Trinajstić information content (AvgIpc) is 2.77. The number of hydrogen-bond donors (Lipinski definition) is 1. The lowest BCUT2D eigenvalue weighted by molar-refractivity contribution is 0.122. The Balaban J connectivity index is 1.98. The van der Waals surface area contributed by atoms with E-state index in [2.05, 4.69) is 46.6 Å². The number of aromatic nitrogens is 2. The number of nitrogens with one attached hydrogen (secondary N) is 1. The van der Waals surface area contributed by atoms with Crippen LogP contribution in [-0.4, -0.2) is 35.9 Å². The Morgan fingerprint density at radius 3 is 2.73 bits per heavy atom. The molecule has 3 rings (SSSR count). The molecule has 0 atom stereocenters. The molecule has 2 heterocycles. The number of nitrogens with zero attached hydrogens (tertiary/aromatic N) is 3. The molecule has 1 aromatic heterocycles. The van der Waals surface area contributed by atoms with E-state index in [1.54, 1.807) is 12.2 Å². The second-order valence-corrected chi connectivity index (χ2v) is 7.28. The summed E-state index contributed by atoms with van der Waals surface area (Å²) in [4.78, 5) is 19.1. The Hall–Kier alpha value is -3.12. The molecule has 0 aliphatic carbocycles. The van der Waals surface area contributed by atoms with Crippen LogP contribution in [0.3, 0.4) is 0 Å². The minimum atomic E-state index is -0.203. The summed E-state index contributed by atoms with van der Waals surface area (Å²) in [6.45, 7) is 15.4. The minimum Gasteiger partial charge on any atom is -0.378 e. The summed E-state index contributed by atoms with van der Waals surface area (Å²) < 4.78 is 7.42. The quantitative estimate of drug-likeness (QED) is 0.672. The van der Waals surface area contributed by atoms with Crippen molar-refractivity contribution in [3.8, 4) is 0 Å². The number of benzene rings is 1. The molecule has 1 aliphatic heterocycles. The van der Waals surface area contributed by atoms with Crippen molar-refractivity contribution in [2.45, 2.75) is 26.8 Å². The fourth-order valence-corrected chi connectivity index (χ4v) is 3.42. The molecule has 0 spiro atoms. The second-order valence-electron chi connectivity index (χ2n) is 7.28. The largest absolute Gasteiger partial charge is 0.378 e. The highest BCUT2D eigenvalue weighted by Gasteiger charge is 2.14. The highest BCUT2D eigenvalue weighted by molar-refractivity contribution is 5.66. The van der Waals surface area contributed by atoms with Crippen molar-refractivity contribution in [3.63, 3.8) is 0 Å². The van der Waals surface area contributed by atoms with Gasteiger partial charge in [-0.2, -0.15) is 4.98 Å². The number of rotatable bonds is 8. The van der Waals surface area contributed by atoms with E-state index in [9.17, 15) is 4.79 Å². The van der Waals surface area contributed by atoms with Crippen molar-refractivity contribution in [2.75, 3.05) is 36.5 Å². The van der Waals surface area contributed by atoms with E-state index in [1.165, 1.54) is 0 Å². The number of allylic oxidation sites excluding steroid dienone is 4. The topological polar surface area (TPSA) is 59.4 Å². The first kappa shape index (κ1) is 21.6. The number of aryl methyl sites for hydroxylation is 2. The van der Waals surface area contributed by atoms with Crippen LogP contribution in [0.25, 0.3) is 0 Å². The first-order valence-corrected chi connectivity index (χ1v) is 10.3. The maximum absolute atomic E-state index is 12.5. The molecule has 1 N–H and O–H groups in total. The van der Waals surface area contributed by atoms with Gasteiger partial charge in [0.2, 0.25) is 5.95 Å². The Bertz CT molecular complexity index is 1000. The normalized spacial score (nSPS) is 14.5. The molecule has 0 amide bonds. The summed E-state index contributed by atoms with van der Waals surface area (Å²) in [5.74, 6) is 0.510. The molecule has 1 aromatic carbocycles. The van der Waals surface area contributed by atoms with Crippen LogP contribution in [0.15, 0.2) is 66.1 Å². The minimum absolute atomic E-state index is 0.203. The Morgan fingerprint density at radius 2 is 2.07 bits per heavy atom. The predicted octanol–water partition coefficient (Wildman–Crippen LogP) is 3.99. The van der Waals surface area contributed by atoms with E-state index in [0.29, 0.717) is 24.5 Å². The highest BCUT2D eigenvalue weighted by Crippen LogP contribution is 2.26. The maximum atomic E-state index is 12.5. The summed E-state index contributed by atoms with van der Waals surface area (Å²) >= 11 is 0. The zero-order valence-electron chi connectivity index (χ0n) is 17.9. The van der Waals surface area contributed by atoms with Crippen LogP contribution < -0.4 is 15.8 Å². The maximum Gasteiger partial charge on any atom is 0.277 e. The Morgan fingerprint density at radius 1 is 1.30 bits per heavy atom. The van der Waals surface area contributed by atoms with Crippen LogP contribution >= 0.6 is 0 Å². The van der Waals surface area contributed by atoms with Crippen molar-refractivity contribution in [2.24, 2.45) is 0 Å². The Kier molecular flexibility index (Phi) is 7.25. The van der Waals surface area contributed by atoms with Gasteiger partial charge in [-0.3, -0.25) is 4.79 Å². The molecule has 1 aliphatic rings. The summed E-state index contributed by atoms with van der Waals surface area (Å²) in [5.41, 5.74) is 4.60. The molecular weight excluding hydrogens is 376 g/mol. The van der Waals surface area contributed by atoms with Crippen LogP contribution in [0.5, 0.6) is 0 Å². The third kappa shape index (κ3) is 5.07. The molecule has 1 fully saturated rings. The van der Waals surface area contributed by atoms with Gasteiger partial charge in [0.1, 0.15) is 0 Å². The van der Waals surface area contributed by atoms with Crippen LogP contribution in [0.1, 0.15) is 18.1 Å². The highest BCUT2D eigenvalue weighted by atomic mass is 16.5. The summed E-state index contributed by atoms with van der Waals surface area (Å²) in [6.07, 6.45) is 7.94. The second kappa shape index (κ2) is 10.1. The summed E-state index contributed by atoms with van der Waals surface area (Å²) in [5, 5.41) is 3.39. The number of anilines is 3. The van der Waals surface area contributed by atoms with E-state index in [1.807, 2.05) is 30.7 Å². The molecule has 1 saturated heterocycles. The molecule has 6 heteroatoms. The molecule has 158 valence electrons. The van der Waals surface area contributed by atoms with Gasteiger partial charge in [-0.15, -0.1) is 0 Å². The number of hydrogen-bond acceptors (Lipinski definition) is 5. The van der Waals surface area contributed by atoms with Gasteiger partial charge in [0, 0.05) is 36.2 Å². The van der Waals surface area contributed by atoms with Gasteiger partial charge in [-0.1, -0.05) is 44.4 Å². The molecule has 30 heavy (non-hydrogen) atoms. The van der Waals surface area contributed by atoms with Crippen molar-refractivity contribution >= 4 is 17.3 Å². The van der Waals surface area contributed by atoms with Crippen molar-refractivity contribution in [1.29, 1.82) is 0 Å². The first-order chi connectivity index (χ1) is 14.5. The van der Waals surface area contributed by atoms with Crippen molar-refractivity contribution in [3.05, 3.63) is 82.8 Å². The van der Waals surface area contributed by atoms with Gasteiger partial charge in [0.05, 0.1) is 19.8 Å². The fraction of sp³-hybridized carbons (Fsp3) is 0.333. The zero-order chi connectivity index (χ0) is 21.5. The molecule has 0 radical (unpaired) electrons. The van der Waals surface area contributed by atoms with E-state index < -0.39 is 0 Å². The molecule has 2 aromatic rings. The summed E-state index contributed by atoms with van der Waals surface area (Å²) in [7, 11) is 0. The van der Waals surface area contributed by atoms with Gasteiger partial charge in [-0.05, 0) is 36.6 Å². The predicted molar refractivity (Wildman–Crippen MR) is 124 cm³/mol. The zero-order valence-corrected chi connectivity index (χ0v) is 17.9. The monoisotopic (exact) mass is 406 g/mol. The third-order valence-corrected chi connectivity index (χ3v) is 5.24. The van der Waals surface area contributed by atoms with Crippen LogP contribution in [0.2, 0.25) is 0 Å². The molecule has 0 saturated carbocycles. The molecule has 0 unspecified atom stereocenters.